The smallest absolute Gasteiger partial charge is 0.277 e. The number of carbonyl (C=O) groups excluding carboxylic acids is 1. The standard InChI is InChI=1S/C18H17BrN2O3/c1-23-17-12-15(19)9-10-16(17)24-13-18(22)21-20-11-5-8-14-6-3-2-4-7-14/h2-12H,13H2,1H3,(H,21,22)/b8-5+,20-11+. The minimum absolute atomic E-state index is 0.155. The molecule has 1 amide bonds. The van der Waals surface area contributed by atoms with E-state index in [4.69, 9.17) is 9.47 Å². The van der Waals surface area contributed by atoms with Gasteiger partial charge in [0.1, 0.15) is 0 Å². The maximum Gasteiger partial charge on any atom is 0.277 e. The lowest BCUT2D eigenvalue weighted by Crippen LogP contribution is -2.24. The van der Waals surface area contributed by atoms with Gasteiger partial charge in [-0.1, -0.05) is 52.3 Å². The van der Waals surface area contributed by atoms with Gasteiger partial charge in [0.2, 0.25) is 0 Å². The zero-order chi connectivity index (χ0) is 17.2. The SMILES string of the molecule is COc1cc(Br)ccc1OCC(=O)N/N=C/C=C/c1ccccc1. The summed E-state index contributed by atoms with van der Waals surface area (Å²) < 4.78 is 11.5. The molecule has 0 unspecified atom stereocenters. The van der Waals surface area contributed by atoms with E-state index in [0.717, 1.165) is 10.0 Å². The summed E-state index contributed by atoms with van der Waals surface area (Å²) in [5.74, 6) is 0.680. The average Bonchev–Trinajstić information content (AvgIpc) is 2.61. The van der Waals surface area contributed by atoms with Gasteiger partial charge >= 0.3 is 0 Å². The maximum atomic E-state index is 11.7. The van der Waals surface area contributed by atoms with Gasteiger partial charge in [-0.05, 0) is 29.8 Å². The van der Waals surface area contributed by atoms with Gasteiger partial charge in [-0.25, -0.2) is 5.43 Å². The number of methoxy groups -OCH3 is 1. The van der Waals surface area contributed by atoms with Crippen molar-refractivity contribution in [2.75, 3.05) is 13.7 Å². The molecule has 0 radical (unpaired) electrons. The fraction of sp³-hybridized carbons (Fsp3) is 0.111. The van der Waals surface area contributed by atoms with Gasteiger partial charge in [0.05, 0.1) is 7.11 Å². The molecule has 0 aliphatic carbocycles. The molecule has 2 aromatic rings. The number of nitrogens with zero attached hydrogens (tertiary/aromatic N) is 1. The number of benzene rings is 2. The molecule has 0 heterocycles. The van der Waals surface area contributed by atoms with Crippen molar-refractivity contribution in [2.45, 2.75) is 0 Å². The van der Waals surface area contributed by atoms with Crippen LogP contribution in [0, 0.1) is 0 Å². The predicted octanol–water partition coefficient (Wildman–Crippen LogP) is 3.65. The van der Waals surface area contributed by atoms with E-state index in [9.17, 15) is 4.79 Å². The Bertz CT molecular complexity index is 730. The molecule has 2 aromatic carbocycles. The number of amides is 1. The molecule has 0 fully saturated rings. The van der Waals surface area contributed by atoms with Crippen molar-refractivity contribution in [3.05, 3.63) is 64.6 Å². The number of carbonyl (C=O) groups is 1. The van der Waals surface area contributed by atoms with Crippen molar-refractivity contribution in [3.8, 4) is 11.5 Å². The third-order valence-electron chi connectivity index (χ3n) is 2.92. The van der Waals surface area contributed by atoms with Crippen LogP contribution in [0.5, 0.6) is 11.5 Å². The van der Waals surface area contributed by atoms with Crippen LogP contribution in [0.2, 0.25) is 0 Å². The molecule has 2 rings (SSSR count). The van der Waals surface area contributed by atoms with Gasteiger partial charge in [-0.15, -0.1) is 0 Å². The summed E-state index contributed by atoms with van der Waals surface area (Å²) >= 11 is 3.34. The topological polar surface area (TPSA) is 59.9 Å². The van der Waals surface area contributed by atoms with E-state index < -0.39 is 0 Å². The normalized spacial score (nSPS) is 10.9. The summed E-state index contributed by atoms with van der Waals surface area (Å²) in [6, 6.07) is 15.1. The summed E-state index contributed by atoms with van der Waals surface area (Å²) in [6.07, 6.45) is 5.14. The summed E-state index contributed by atoms with van der Waals surface area (Å²) in [5.41, 5.74) is 3.45. The molecule has 0 aliphatic heterocycles. The number of hydrogen-bond donors (Lipinski definition) is 1. The Hall–Kier alpha value is -2.60. The molecule has 24 heavy (non-hydrogen) atoms. The molecule has 0 bridgehead atoms. The van der Waals surface area contributed by atoms with E-state index in [-0.39, 0.29) is 12.5 Å². The number of nitrogens with one attached hydrogen (secondary N) is 1. The Morgan fingerprint density at radius 3 is 2.75 bits per heavy atom. The molecular weight excluding hydrogens is 372 g/mol. The van der Waals surface area contributed by atoms with Crippen LogP contribution < -0.4 is 14.9 Å². The van der Waals surface area contributed by atoms with Gasteiger partial charge in [0.15, 0.2) is 18.1 Å². The number of hydrazone groups is 1. The molecule has 124 valence electrons. The third kappa shape index (κ3) is 5.89. The number of ether oxygens (including phenoxy) is 2. The highest BCUT2D eigenvalue weighted by Gasteiger charge is 2.07. The number of halogens is 1. The number of allylic oxidation sites excluding steroid dienone is 1. The molecule has 5 nitrogen and oxygen atoms in total. The molecule has 1 N–H and O–H groups in total. The van der Waals surface area contributed by atoms with Crippen molar-refractivity contribution in [1.82, 2.24) is 5.43 Å². The van der Waals surface area contributed by atoms with Gasteiger partial charge in [0.25, 0.3) is 5.91 Å². The Labute approximate surface area is 149 Å². The van der Waals surface area contributed by atoms with E-state index in [2.05, 4.69) is 26.5 Å². The van der Waals surface area contributed by atoms with Crippen LogP contribution in [0.1, 0.15) is 5.56 Å². The third-order valence-corrected chi connectivity index (χ3v) is 3.42. The van der Waals surface area contributed by atoms with Crippen LogP contribution in [-0.4, -0.2) is 25.8 Å². The molecule has 0 spiro atoms. The molecule has 6 heteroatoms. The first-order valence-electron chi connectivity index (χ1n) is 7.19. The molecular formula is C18H17BrN2O3. The van der Waals surface area contributed by atoms with Crippen LogP contribution in [0.25, 0.3) is 6.08 Å². The van der Waals surface area contributed by atoms with Crippen LogP contribution in [-0.2, 0) is 4.79 Å². The van der Waals surface area contributed by atoms with E-state index in [1.54, 1.807) is 18.2 Å². The zero-order valence-corrected chi connectivity index (χ0v) is 14.7. The van der Waals surface area contributed by atoms with Gasteiger partial charge in [0, 0.05) is 10.7 Å². The second kappa shape index (κ2) is 9.52. The van der Waals surface area contributed by atoms with E-state index >= 15 is 0 Å². The first-order chi connectivity index (χ1) is 11.7. The van der Waals surface area contributed by atoms with E-state index in [1.807, 2.05) is 42.5 Å². The average molecular weight is 389 g/mol. The monoisotopic (exact) mass is 388 g/mol. The Kier molecular flexibility index (Phi) is 7.04. The molecule has 0 atom stereocenters. The minimum atomic E-state index is -0.357. The molecule has 0 saturated heterocycles. The maximum absolute atomic E-state index is 11.7. The van der Waals surface area contributed by atoms with Gasteiger partial charge < -0.3 is 9.47 Å². The lowest BCUT2D eigenvalue weighted by Gasteiger charge is -2.09. The second-order valence-corrected chi connectivity index (χ2v) is 5.58. The summed E-state index contributed by atoms with van der Waals surface area (Å²) in [4.78, 5) is 11.7. The largest absolute Gasteiger partial charge is 0.493 e. The summed E-state index contributed by atoms with van der Waals surface area (Å²) in [6.45, 7) is -0.155. The summed E-state index contributed by atoms with van der Waals surface area (Å²) in [5, 5.41) is 3.83. The van der Waals surface area contributed by atoms with Crippen LogP contribution >= 0.6 is 15.9 Å². The van der Waals surface area contributed by atoms with Crippen molar-refractivity contribution >= 4 is 34.1 Å². The van der Waals surface area contributed by atoms with E-state index in [0.29, 0.717) is 11.5 Å². The summed E-state index contributed by atoms with van der Waals surface area (Å²) in [7, 11) is 1.54. The van der Waals surface area contributed by atoms with E-state index in [1.165, 1.54) is 13.3 Å². The zero-order valence-electron chi connectivity index (χ0n) is 13.1. The highest BCUT2D eigenvalue weighted by molar-refractivity contribution is 9.10. The first kappa shape index (κ1) is 17.7. The highest BCUT2D eigenvalue weighted by Crippen LogP contribution is 2.29. The fourth-order valence-corrected chi connectivity index (χ4v) is 2.15. The first-order valence-corrected chi connectivity index (χ1v) is 7.98. The minimum Gasteiger partial charge on any atom is -0.493 e. The number of rotatable bonds is 7. The highest BCUT2D eigenvalue weighted by atomic mass is 79.9. The molecule has 0 aromatic heterocycles. The number of hydrogen-bond acceptors (Lipinski definition) is 4. The van der Waals surface area contributed by atoms with Crippen LogP contribution in [0.3, 0.4) is 0 Å². The lowest BCUT2D eigenvalue weighted by atomic mass is 10.2. The van der Waals surface area contributed by atoms with Gasteiger partial charge in [-0.2, -0.15) is 5.10 Å². The Morgan fingerprint density at radius 1 is 1.21 bits per heavy atom. The lowest BCUT2D eigenvalue weighted by molar-refractivity contribution is -0.123. The second-order valence-electron chi connectivity index (χ2n) is 4.67. The van der Waals surface area contributed by atoms with Crippen LogP contribution in [0.4, 0.5) is 0 Å². The quantitative estimate of drug-likeness (QED) is 0.581. The van der Waals surface area contributed by atoms with Crippen molar-refractivity contribution in [3.63, 3.8) is 0 Å². The predicted molar refractivity (Wildman–Crippen MR) is 98.3 cm³/mol. The van der Waals surface area contributed by atoms with Crippen molar-refractivity contribution in [2.24, 2.45) is 5.10 Å². The Morgan fingerprint density at radius 2 is 2.00 bits per heavy atom. The fourth-order valence-electron chi connectivity index (χ4n) is 1.81. The van der Waals surface area contributed by atoms with Crippen LogP contribution in [0.15, 0.2) is 64.2 Å². The van der Waals surface area contributed by atoms with Crippen molar-refractivity contribution < 1.29 is 14.3 Å². The Balaban J connectivity index is 1.77. The van der Waals surface area contributed by atoms with Crippen molar-refractivity contribution in [1.29, 1.82) is 0 Å². The molecule has 0 aliphatic rings. The molecule has 0 saturated carbocycles. The van der Waals surface area contributed by atoms with Gasteiger partial charge in [-0.3, -0.25) is 4.79 Å².